The summed E-state index contributed by atoms with van der Waals surface area (Å²) in [5.74, 6) is 0. The number of aryl methyl sites for hydroxylation is 1. The zero-order valence-corrected chi connectivity index (χ0v) is 14.3. The number of aromatic nitrogens is 1. The van der Waals surface area contributed by atoms with E-state index in [9.17, 15) is 8.42 Å². The van der Waals surface area contributed by atoms with Crippen LogP contribution in [0.5, 0.6) is 0 Å². The molecule has 4 rings (SSSR count). The lowest BCUT2D eigenvalue weighted by Crippen LogP contribution is -1.96. The van der Waals surface area contributed by atoms with Crippen LogP contribution >= 0.6 is 0 Å². The van der Waals surface area contributed by atoms with Gasteiger partial charge in [-0.15, -0.1) is 0 Å². The van der Waals surface area contributed by atoms with Crippen molar-refractivity contribution < 1.29 is 8.42 Å². The van der Waals surface area contributed by atoms with Crippen molar-refractivity contribution in [3.8, 4) is 11.1 Å². The van der Waals surface area contributed by atoms with Gasteiger partial charge >= 0.3 is 0 Å². The highest BCUT2D eigenvalue weighted by molar-refractivity contribution is 7.90. The van der Waals surface area contributed by atoms with E-state index in [4.69, 9.17) is 0 Å². The van der Waals surface area contributed by atoms with Gasteiger partial charge in [-0.1, -0.05) is 30.3 Å². The normalized spacial score (nSPS) is 12.1. The SMILES string of the molecule is Cc1cc(-c2ccc(S(C)(=O)=O)cc2)c2[nH]c3ccccc3c2c1. The van der Waals surface area contributed by atoms with E-state index in [0.717, 1.165) is 22.2 Å². The van der Waals surface area contributed by atoms with Crippen molar-refractivity contribution in [3.63, 3.8) is 0 Å². The number of fused-ring (bicyclic) bond motifs is 3. The maximum Gasteiger partial charge on any atom is 0.175 e. The van der Waals surface area contributed by atoms with Gasteiger partial charge in [0.05, 0.1) is 10.4 Å². The van der Waals surface area contributed by atoms with Crippen LogP contribution in [0.25, 0.3) is 32.9 Å². The Bertz CT molecular complexity index is 1170. The fourth-order valence-electron chi connectivity index (χ4n) is 3.20. The van der Waals surface area contributed by atoms with E-state index in [-0.39, 0.29) is 0 Å². The van der Waals surface area contributed by atoms with Crippen molar-refractivity contribution in [2.24, 2.45) is 0 Å². The number of rotatable bonds is 2. The molecule has 0 saturated carbocycles. The van der Waals surface area contributed by atoms with E-state index in [1.54, 1.807) is 12.1 Å². The first kappa shape index (κ1) is 15.0. The Labute approximate surface area is 140 Å². The van der Waals surface area contributed by atoms with Crippen molar-refractivity contribution in [2.45, 2.75) is 11.8 Å². The predicted octanol–water partition coefficient (Wildman–Crippen LogP) is 4.70. The third-order valence-electron chi connectivity index (χ3n) is 4.35. The lowest BCUT2D eigenvalue weighted by Gasteiger charge is -2.07. The Morgan fingerprint density at radius 3 is 2.29 bits per heavy atom. The number of aromatic amines is 1. The molecule has 0 aliphatic carbocycles. The summed E-state index contributed by atoms with van der Waals surface area (Å²) in [7, 11) is -3.18. The number of hydrogen-bond acceptors (Lipinski definition) is 2. The van der Waals surface area contributed by atoms with Crippen LogP contribution in [0.15, 0.2) is 65.6 Å². The number of benzene rings is 3. The highest BCUT2D eigenvalue weighted by atomic mass is 32.2. The smallest absolute Gasteiger partial charge is 0.175 e. The molecule has 3 aromatic carbocycles. The number of H-pyrrole nitrogens is 1. The quantitative estimate of drug-likeness (QED) is 0.577. The van der Waals surface area contributed by atoms with Gasteiger partial charge < -0.3 is 4.98 Å². The molecule has 4 heteroatoms. The molecule has 1 N–H and O–H groups in total. The summed E-state index contributed by atoms with van der Waals surface area (Å²) in [5, 5.41) is 2.39. The van der Waals surface area contributed by atoms with Crippen LogP contribution in [0.2, 0.25) is 0 Å². The van der Waals surface area contributed by atoms with Crippen LogP contribution in [0.3, 0.4) is 0 Å². The molecule has 0 aliphatic rings. The molecule has 24 heavy (non-hydrogen) atoms. The Balaban J connectivity index is 1.99. The zero-order chi connectivity index (χ0) is 16.9. The first-order valence-electron chi connectivity index (χ1n) is 7.75. The molecule has 0 unspecified atom stereocenters. The van der Waals surface area contributed by atoms with Crippen LogP contribution < -0.4 is 0 Å². The van der Waals surface area contributed by atoms with Gasteiger partial charge in [0.25, 0.3) is 0 Å². The van der Waals surface area contributed by atoms with Crippen molar-refractivity contribution in [1.82, 2.24) is 4.98 Å². The highest BCUT2D eigenvalue weighted by Crippen LogP contribution is 2.34. The summed E-state index contributed by atoms with van der Waals surface area (Å²) in [4.78, 5) is 3.84. The van der Waals surface area contributed by atoms with E-state index in [1.807, 2.05) is 24.3 Å². The first-order chi connectivity index (χ1) is 11.4. The van der Waals surface area contributed by atoms with Gasteiger partial charge in [0.15, 0.2) is 9.84 Å². The van der Waals surface area contributed by atoms with Crippen molar-refractivity contribution in [1.29, 1.82) is 0 Å². The van der Waals surface area contributed by atoms with Crippen molar-refractivity contribution >= 4 is 31.6 Å². The van der Waals surface area contributed by atoms with Gasteiger partial charge in [0, 0.05) is 28.1 Å². The van der Waals surface area contributed by atoms with E-state index >= 15 is 0 Å². The number of para-hydroxylation sites is 1. The molecule has 0 amide bonds. The largest absolute Gasteiger partial charge is 0.354 e. The Morgan fingerprint density at radius 1 is 0.875 bits per heavy atom. The maximum atomic E-state index is 11.7. The van der Waals surface area contributed by atoms with Gasteiger partial charge in [-0.2, -0.15) is 0 Å². The zero-order valence-electron chi connectivity index (χ0n) is 13.5. The molecule has 1 aromatic heterocycles. The molecule has 0 bridgehead atoms. The lowest BCUT2D eigenvalue weighted by atomic mass is 9.99. The molecule has 0 atom stereocenters. The van der Waals surface area contributed by atoms with Crippen molar-refractivity contribution in [2.75, 3.05) is 6.26 Å². The minimum absolute atomic E-state index is 0.340. The third kappa shape index (κ3) is 2.39. The topological polar surface area (TPSA) is 49.9 Å². The molecule has 120 valence electrons. The van der Waals surface area contributed by atoms with Crippen LogP contribution in [-0.4, -0.2) is 19.7 Å². The van der Waals surface area contributed by atoms with Crippen LogP contribution in [0, 0.1) is 6.92 Å². The number of nitrogens with one attached hydrogen (secondary N) is 1. The predicted molar refractivity (Wildman–Crippen MR) is 99.1 cm³/mol. The van der Waals surface area contributed by atoms with Gasteiger partial charge in [-0.3, -0.25) is 0 Å². The third-order valence-corrected chi connectivity index (χ3v) is 5.48. The average Bonchev–Trinajstić information content (AvgIpc) is 2.92. The minimum atomic E-state index is -3.18. The summed E-state index contributed by atoms with van der Waals surface area (Å²) in [6.45, 7) is 2.08. The van der Waals surface area contributed by atoms with E-state index < -0.39 is 9.84 Å². The molecule has 0 fully saturated rings. The van der Waals surface area contributed by atoms with Gasteiger partial charge in [0.2, 0.25) is 0 Å². The summed E-state index contributed by atoms with van der Waals surface area (Å²) in [6, 6.07) is 19.6. The van der Waals surface area contributed by atoms with Gasteiger partial charge in [-0.25, -0.2) is 8.42 Å². The summed E-state index contributed by atoms with van der Waals surface area (Å²) >= 11 is 0. The standard InChI is InChI=1S/C20H17NO2S/c1-13-11-17(14-7-9-15(10-8-14)24(2,22)23)20-18(12-13)16-5-3-4-6-19(16)21-20/h3-12,21H,1-2H3. The molecule has 0 spiro atoms. The maximum absolute atomic E-state index is 11.7. The highest BCUT2D eigenvalue weighted by Gasteiger charge is 2.12. The Hall–Kier alpha value is -2.59. The van der Waals surface area contributed by atoms with E-state index in [0.29, 0.717) is 4.90 Å². The van der Waals surface area contributed by atoms with Gasteiger partial charge in [-0.05, 0) is 48.4 Å². The second kappa shape index (κ2) is 5.21. The van der Waals surface area contributed by atoms with Crippen molar-refractivity contribution in [3.05, 3.63) is 66.2 Å². The lowest BCUT2D eigenvalue weighted by molar-refractivity contribution is 0.602. The Kier molecular flexibility index (Phi) is 3.25. The molecule has 1 heterocycles. The summed E-state index contributed by atoms with van der Waals surface area (Å²) < 4.78 is 23.3. The van der Waals surface area contributed by atoms with Crippen LogP contribution in [0.1, 0.15) is 5.56 Å². The monoisotopic (exact) mass is 335 g/mol. The fraction of sp³-hybridized carbons (Fsp3) is 0.100. The van der Waals surface area contributed by atoms with E-state index in [2.05, 4.69) is 36.2 Å². The average molecular weight is 335 g/mol. The molecule has 0 aliphatic heterocycles. The molecule has 3 nitrogen and oxygen atoms in total. The molecular formula is C20H17NO2S. The Morgan fingerprint density at radius 2 is 1.58 bits per heavy atom. The fourth-order valence-corrected chi connectivity index (χ4v) is 3.84. The molecule has 4 aromatic rings. The number of hydrogen-bond donors (Lipinski definition) is 1. The molecule has 0 radical (unpaired) electrons. The molecular weight excluding hydrogens is 318 g/mol. The van der Waals surface area contributed by atoms with Gasteiger partial charge in [0.1, 0.15) is 0 Å². The summed E-state index contributed by atoms with van der Waals surface area (Å²) in [5.41, 5.74) is 5.44. The second-order valence-corrected chi connectivity index (χ2v) is 8.22. The van der Waals surface area contributed by atoms with Crippen LogP contribution in [0.4, 0.5) is 0 Å². The first-order valence-corrected chi connectivity index (χ1v) is 9.64. The minimum Gasteiger partial charge on any atom is -0.354 e. The molecule has 0 saturated heterocycles. The second-order valence-electron chi connectivity index (χ2n) is 6.20. The van der Waals surface area contributed by atoms with E-state index in [1.165, 1.54) is 22.6 Å². The van der Waals surface area contributed by atoms with Crippen LogP contribution in [-0.2, 0) is 9.84 Å². The summed E-state index contributed by atoms with van der Waals surface area (Å²) in [6.07, 6.45) is 1.23. The number of sulfone groups is 1.